The van der Waals surface area contributed by atoms with Crippen molar-refractivity contribution in [2.24, 2.45) is 5.41 Å². The van der Waals surface area contributed by atoms with Gasteiger partial charge in [-0.05, 0) is 38.0 Å². The predicted octanol–water partition coefficient (Wildman–Crippen LogP) is 1.54. The fourth-order valence-corrected chi connectivity index (χ4v) is 3.17. The normalized spacial score (nSPS) is 24.0. The van der Waals surface area contributed by atoms with E-state index in [9.17, 15) is 19.5 Å². The summed E-state index contributed by atoms with van der Waals surface area (Å²) in [6, 6.07) is 6.78. The number of hydrogen-bond donors (Lipinski definition) is 2. The molecule has 0 aliphatic carbocycles. The van der Waals surface area contributed by atoms with Crippen LogP contribution in [0.1, 0.15) is 30.1 Å². The van der Waals surface area contributed by atoms with Gasteiger partial charge in [-0.3, -0.25) is 14.5 Å². The van der Waals surface area contributed by atoms with Crippen LogP contribution in [0.2, 0.25) is 0 Å². The molecular weight excluding hydrogens is 310 g/mol. The first-order valence-electron chi connectivity index (χ1n) is 8.09. The van der Waals surface area contributed by atoms with Crippen molar-refractivity contribution in [2.75, 3.05) is 31.1 Å². The van der Waals surface area contributed by atoms with Gasteiger partial charge in [-0.2, -0.15) is 0 Å². The van der Waals surface area contributed by atoms with Gasteiger partial charge in [-0.1, -0.05) is 6.07 Å². The summed E-state index contributed by atoms with van der Waals surface area (Å²) in [6.07, 6.45) is 1.30. The molecule has 0 bridgehead atoms. The number of rotatable bonds is 3. The average molecular weight is 331 g/mol. The predicted molar refractivity (Wildman–Crippen MR) is 88.1 cm³/mol. The smallest absolute Gasteiger partial charge is 0.321 e. The number of carboxylic acid groups (broad SMARTS) is 1. The van der Waals surface area contributed by atoms with Gasteiger partial charge in [-0.25, -0.2) is 4.79 Å². The van der Waals surface area contributed by atoms with E-state index in [1.165, 1.54) is 0 Å². The first kappa shape index (κ1) is 16.3. The van der Waals surface area contributed by atoms with Crippen LogP contribution in [0.15, 0.2) is 24.3 Å². The van der Waals surface area contributed by atoms with Crippen molar-refractivity contribution in [1.82, 2.24) is 10.2 Å². The summed E-state index contributed by atoms with van der Waals surface area (Å²) < 4.78 is 0. The molecule has 7 heteroatoms. The summed E-state index contributed by atoms with van der Waals surface area (Å²) in [4.78, 5) is 39.2. The minimum Gasteiger partial charge on any atom is -0.481 e. The number of carbonyl (C=O) groups is 3. The molecule has 2 fully saturated rings. The molecule has 2 heterocycles. The average Bonchev–Trinajstić information content (AvgIpc) is 2.99. The van der Waals surface area contributed by atoms with Crippen LogP contribution in [0.4, 0.5) is 10.5 Å². The Morgan fingerprint density at radius 3 is 2.75 bits per heavy atom. The second kappa shape index (κ2) is 6.14. The zero-order valence-electron chi connectivity index (χ0n) is 13.6. The number of nitrogens with zero attached hydrogens (tertiary/aromatic N) is 2. The Morgan fingerprint density at radius 2 is 2.08 bits per heavy atom. The number of amides is 3. The summed E-state index contributed by atoms with van der Waals surface area (Å²) in [5.74, 6) is -1.07. The molecule has 0 aromatic heterocycles. The molecule has 0 radical (unpaired) electrons. The summed E-state index contributed by atoms with van der Waals surface area (Å²) >= 11 is 0. The first-order valence-corrected chi connectivity index (χ1v) is 8.09. The van der Waals surface area contributed by atoms with Gasteiger partial charge in [0.05, 0.1) is 5.41 Å². The van der Waals surface area contributed by atoms with Gasteiger partial charge in [0.2, 0.25) is 0 Å². The largest absolute Gasteiger partial charge is 0.481 e. The second-order valence-electron chi connectivity index (χ2n) is 6.63. The van der Waals surface area contributed by atoms with E-state index in [4.69, 9.17) is 0 Å². The molecule has 1 aromatic carbocycles. The van der Waals surface area contributed by atoms with Crippen LogP contribution >= 0.6 is 0 Å². The van der Waals surface area contributed by atoms with E-state index in [2.05, 4.69) is 5.32 Å². The van der Waals surface area contributed by atoms with Crippen molar-refractivity contribution >= 4 is 23.6 Å². The Kier molecular flexibility index (Phi) is 4.17. The standard InChI is InChI=1S/C17H21N3O4/c1-17(15(22)23)6-9-19(11-17)14(21)12-4-2-5-13(10-12)20-8-3-7-18-16(20)24/h2,4-5,10H,3,6-9,11H2,1H3,(H,18,24)(H,22,23). The SMILES string of the molecule is CC1(C(=O)O)CCN(C(=O)c2cccc(N3CCCNC3=O)c2)C1. The Balaban J connectivity index is 1.78. The minimum atomic E-state index is -0.889. The maximum atomic E-state index is 12.7. The van der Waals surface area contributed by atoms with E-state index in [1.807, 2.05) is 0 Å². The van der Waals surface area contributed by atoms with Gasteiger partial charge in [0.1, 0.15) is 0 Å². The van der Waals surface area contributed by atoms with E-state index in [0.29, 0.717) is 37.3 Å². The highest BCUT2D eigenvalue weighted by atomic mass is 16.4. The van der Waals surface area contributed by atoms with E-state index in [0.717, 1.165) is 6.42 Å². The fourth-order valence-electron chi connectivity index (χ4n) is 3.17. The number of anilines is 1. The van der Waals surface area contributed by atoms with E-state index < -0.39 is 11.4 Å². The van der Waals surface area contributed by atoms with Crippen molar-refractivity contribution < 1.29 is 19.5 Å². The number of aliphatic carboxylic acids is 1. The third-order valence-corrected chi connectivity index (χ3v) is 4.76. The van der Waals surface area contributed by atoms with Crippen molar-refractivity contribution in [3.63, 3.8) is 0 Å². The number of hydrogen-bond acceptors (Lipinski definition) is 3. The number of nitrogens with one attached hydrogen (secondary N) is 1. The highest BCUT2D eigenvalue weighted by molar-refractivity contribution is 5.98. The number of likely N-dealkylation sites (tertiary alicyclic amines) is 1. The molecule has 1 aromatic rings. The molecule has 0 spiro atoms. The van der Waals surface area contributed by atoms with Gasteiger partial charge < -0.3 is 15.3 Å². The zero-order chi connectivity index (χ0) is 17.3. The van der Waals surface area contributed by atoms with Crippen molar-refractivity contribution in [1.29, 1.82) is 0 Å². The summed E-state index contributed by atoms with van der Waals surface area (Å²) in [6.45, 7) is 3.57. The van der Waals surface area contributed by atoms with Gasteiger partial charge in [-0.15, -0.1) is 0 Å². The molecule has 1 unspecified atom stereocenters. The second-order valence-corrected chi connectivity index (χ2v) is 6.63. The van der Waals surface area contributed by atoms with Crippen LogP contribution in [0.25, 0.3) is 0 Å². The number of benzene rings is 1. The molecule has 7 nitrogen and oxygen atoms in total. The summed E-state index contributed by atoms with van der Waals surface area (Å²) in [7, 11) is 0. The lowest BCUT2D eigenvalue weighted by Gasteiger charge is -2.28. The molecule has 3 rings (SSSR count). The summed E-state index contributed by atoms with van der Waals surface area (Å²) in [5.41, 5.74) is 0.263. The number of carboxylic acids is 1. The minimum absolute atomic E-state index is 0.162. The molecule has 2 saturated heterocycles. The lowest BCUT2D eigenvalue weighted by molar-refractivity contribution is -0.147. The fraction of sp³-hybridized carbons (Fsp3) is 0.471. The van der Waals surface area contributed by atoms with Crippen molar-refractivity contribution in [3.8, 4) is 0 Å². The molecule has 0 saturated carbocycles. The van der Waals surface area contributed by atoms with Crippen molar-refractivity contribution in [2.45, 2.75) is 19.8 Å². The maximum absolute atomic E-state index is 12.7. The van der Waals surface area contributed by atoms with Crippen LogP contribution < -0.4 is 10.2 Å². The highest BCUT2D eigenvalue weighted by Gasteiger charge is 2.42. The van der Waals surface area contributed by atoms with Crippen LogP contribution in [0.5, 0.6) is 0 Å². The molecular formula is C17H21N3O4. The Morgan fingerprint density at radius 1 is 1.29 bits per heavy atom. The van der Waals surface area contributed by atoms with Gasteiger partial charge in [0, 0.05) is 37.4 Å². The number of urea groups is 1. The molecule has 2 aliphatic heterocycles. The van der Waals surface area contributed by atoms with E-state index in [1.54, 1.807) is 41.0 Å². The molecule has 3 amide bonds. The molecule has 1 atom stereocenters. The van der Waals surface area contributed by atoms with E-state index in [-0.39, 0.29) is 18.5 Å². The molecule has 24 heavy (non-hydrogen) atoms. The van der Waals surface area contributed by atoms with Crippen molar-refractivity contribution in [3.05, 3.63) is 29.8 Å². The maximum Gasteiger partial charge on any atom is 0.321 e. The first-order chi connectivity index (χ1) is 11.4. The van der Waals surface area contributed by atoms with Crippen LogP contribution in [0, 0.1) is 5.41 Å². The monoisotopic (exact) mass is 331 g/mol. The zero-order valence-corrected chi connectivity index (χ0v) is 13.6. The van der Waals surface area contributed by atoms with Gasteiger partial charge in [0.15, 0.2) is 0 Å². The lowest BCUT2D eigenvalue weighted by atomic mass is 9.90. The Labute approximate surface area is 140 Å². The van der Waals surface area contributed by atoms with Crippen LogP contribution in [0.3, 0.4) is 0 Å². The Bertz CT molecular complexity index is 690. The summed E-state index contributed by atoms with van der Waals surface area (Å²) in [5, 5.41) is 12.1. The topological polar surface area (TPSA) is 89.9 Å². The molecule has 2 aliphatic rings. The number of carbonyl (C=O) groups excluding carboxylic acids is 2. The third kappa shape index (κ3) is 2.93. The van der Waals surface area contributed by atoms with Gasteiger partial charge in [0.25, 0.3) is 5.91 Å². The van der Waals surface area contributed by atoms with Gasteiger partial charge >= 0.3 is 12.0 Å². The van der Waals surface area contributed by atoms with Crippen LogP contribution in [-0.4, -0.2) is 54.1 Å². The van der Waals surface area contributed by atoms with Crippen LogP contribution in [-0.2, 0) is 4.79 Å². The molecule has 128 valence electrons. The highest BCUT2D eigenvalue weighted by Crippen LogP contribution is 2.31. The lowest BCUT2D eigenvalue weighted by Crippen LogP contribution is -2.46. The Hall–Kier alpha value is -2.57. The molecule has 2 N–H and O–H groups in total. The quantitative estimate of drug-likeness (QED) is 0.879. The van der Waals surface area contributed by atoms with E-state index >= 15 is 0 Å². The third-order valence-electron chi connectivity index (χ3n) is 4.76.